The summed E-state index contributed by atoms with van der Waals surface area (Å²) in [5.74, 6) is -0.0170. The molecule has 1 amide bonds. The standard InChI is InChI=1S/C16H11ClN4O4/c17-13-2-1-11(6-14(13)21(23)24)16(22)20-8-12(9-20)25-15-5-10(7-18)3-4-19-15/h1-6,12H,8-9H2. The Morgan fingerprint density at radius 1 is 1.40 bits per heavy atom. The second-order valence-electron chi connectivity index (χ2n) is 5.37. The zero-order chi connectivity index (χ0) is 18.0. The first kappa shape index (κ1) is 16.7. The normalized spacial score (nSPS) is 13.7. The molecule has 1 saturated heterocycles. The van der Waals surface area contributed by atoms with Crippen LogP contribution in [0, 0.1) is 21.4 Å². The second kappa shape index (κ2) is 6.75. The van der Waals surface area contributed by atoms with Crippen LogP contribution < -0.4 is 4.74 Å². The Morgan fingerprint density at radius 2 is 2.16 bits per heavy atom. The summed E-state index contributed by atoms with van der Waals surface area (Å²) in [4.78, 5) is 28.1. The van der Waals surface area contributed by atoms with Crippen molar-refractivity contribution in [2.45, 2.75) is 6.10 Å². The van der Waals surface area contributed by atoms with Gasteiger partial charge in [-0.15, -0.1) is 0 Å². The van der Waals surface area contributed by atoms with E-state index in [0.717, 1.165) is 6.07 Å². The van der Waals surface area contributed by atoms with Gasteiger partial charge in [0.05, 0.1) is 29.6 Å². The topological polar surface area (TPSA) is 109 Å². The van der Waals surface area contributed by atoms with Crippen molar-refractivity contribution in [3.63, 3.8) is 0 Å². The number of rotatable bonds is 4. The molecular formula is C16H11ClN4O4. The molecule has 3 rings (SSSR count). The Morgan fingerprint density at radius 3 is 2.84 bits per heavy atom. The maximum Gasteiger partial charge on any atom is 0.288 e. The number of nitro benzene ring substituents is 1. The Labute approximate surface area is 147 Å². The third kappa shape index (κ3) is 3.51. The molecule has 126 valence electrons. The zero-order valence-electron chi connectivity index (χ0n) is 12.8. The fourth-order valence-electron chi connectivity index (χ4n) is 2.36. The number of nitro groups is 1. The van der Waals surface area contributed by atoms with E-state index in [1.807, 2.05) is 6.07 Å². The number of carbonyl (C=O) groups excluding carboxylic acids is 1. The van der Waals surface area contributed by atoms with E-state index in [4.69, 9.17) is 21.6 Å². The molecule has 0 atom stereocenters. The van der Waals surface area contributed by atoms with Crippen LogP contribution in [0.1, 0.15) is 15.9 Å². The number of halogens is 1. The molecule has 25 heavy (non-hydrogen) atoms. The van der Waals surface area contributed by atoms with E-state index in [0.29, 0.717) is 24.5 Å². The number of likely N-dealkylation sites (tertiary alicyclic amines) is 1. The predicted octanol–water partition coefficient (Wildman–Crippen LogP) is 2.42. The van der Waals surface area contributed by atoms with Crippen LogP contribution in [0.5, 0.6) is 5.88 Å². The molecule has 0 bridgehead atoms. The van der Waals surface area contributed by atoms with Gasteiger partial charge in [0.15, 0.2) is 0 Å². The Kier molecular flexibility index (Phi) is 4.50. The number of nitrogens with zero attached hydrogens (tertiary/aromatic N) is 4. The quantitative estimate of drug-likeness (QED) is 0.613. The Hall–Kier alpha value is -3.18. The third-order valence-electron chi connectivity index (χ3n) is 3.68. The van der Waals surface area contributed by atoms with Crippen LogP contribution in [0.3, 0.4) is 0 Å². The minimum Gasteiger partial charge on any atom is -0.471 e. The summed E-state index contributed by atoms with van der Waals surface area (Å²) in [5.41, 5.74) is 0.322. The largest absolute Gasteiger partial charge is 0.471 e. The minimum absolute atomic E-state index is 0.0187. The SMILES string of the molecule is N#Cc1ccnc(OC2CN(C(=O)c3ccc(Cl)c([N+](=O)[O-])c3)C2)c1. The minimum atomic E-state index is -0.630. The zero-order valence-corrected chi connectivity index (χ0v) is 13.5. The summed E-state index contributed by atoms with van der Waals surface area (Å²) in [6.45, 7) is 0.654. The number of benzene rings is 1. The second-order valence-corrected chi connectivity index (χ2v) is 5.78. The lowest BCUT2D eigenvalue weighted by atomic mass is 10.1. The molecule has 0 unspecified atom stereocenters. The summed E-state index contributed by atoms with van der Waals surface area (Å²) in [6.07, 6.45) is 1.23. The average molecular weight is 359 g/mol. The van der Waals surface area contributed by atoms with Gasteiger partial charge in [0, 0.05) is 23.9 Å². The number of aromatic nitrogens is 1. The highest BCUT2D eigenvalue weighted by Gasteiger charge is 2.33. The van der Waals surface area contributed by atoms with Crippen LogP contribution in [-0.2, 0) is 0 Å². The van der Waals surface area contributed by atoms with Crippen molar-refractivity contribution >= 4 is 23.2 Å². The molecule has 1 aliphatic rings. The third-order valence-corrected chi connectivity index (χ3v) is 4.00. The monoisotopic (exact) mass is 358 g/mol. The number of amides is 1. The first-order valence-corrected chi connectivity index (χ1v) is 7.62. The molecule has 0 aliphatic carbocycles. The van der Waals surface area contributed by atoms with Gasteiger partial charge in [-0.05, 0) is 18.2 Å². The van der Waals surface area contributed by atoms with E-state index < -0.39 is 4.92 Å². The van der Waals surface area contributed by atoms with Crippen molar-refractivity contribution in [2.24, 2.45) is 0 Å². The van der Waals surface area contributed by atoms with Gasteiger partial charge >= 0.3 is 0 Å². The number of hydrogen-bond donors (Lipinski definition) is 0. The molecule has 9 heteroatoms. The van der Waals surface area contributed by atoms with E-state index in [1.165, 1.54) is 29.3 Å². The molecule has 0 spiro atoms. The number of hydrogen-bond acceptors (Lipinski definition) is 6. The molecule has 0 N–H and O–H groups in total. The highest BCUT2D eigenvalue weighted by Crippen LogP contribution is 2.27. The lowest BCUT2D eigenvalue weighted by Crippen LogP contribution is -2.56. The van der Waals surface area contributed by atoms with Crippen LogP contribution in [0.15, 0.2) is 36.5 Å². The number of ether oxygens (including phenoxy) is 1. The molecule has 1 aromatic carbocycles. The Bertz CT molecular complexity index is 890. The summed E-state index contributed by atoms with van der Waals surface area (Å²) < 4.78 is 5.60. The van der Waals surface area contributed by atoms with Crippen molar-refractivity contribution in [2.75, 3.05) is 13.1 Å². The van der Waals surface area contributed by atoms with E-state index in [9.17, 15) is 14.9 Å². The van der Waals surface area contributed by atoms with Crippen LogP contribution >= 0.6 is 11.6 Å². The molecule has 0 saturated carbocycles. The van der Waals surface area contributed by atoms with Gasteiger partial charge in [0.2, 0.25) is 5.88 Å². The molecule has 8 nitrogen and oxygen atoms in total. The van der Waals surface area contributed by atoms with Gasteiger partial charge in [-0.25, -0.2) is 4.98 Å². The first-order valence-electron chi connectivity index (χ1n) is 7.24. The first-order chi connectivity index (χ1) is 12.0. The lowest BCUT2D eigenvalue weighted by Gasteiger charge is -2.38. The predicted molar refractivity (Wildman–Crippen MR) is 87.4 cm³/mol. The fourth-order valence-corrected chi connectivity index (χ4v) is 2.55. The van der Waals surface area contributed by atoms with Crippen molar-refractivity contribution in [1.29, 1.82) is 5.26 Å². The van der Waals surface area contributed by atoms with Gasteiger partial charge in [-0.3, -0.25) is 14.9 Å². The number of pyridine rings is 1. The summed E-state index contributed by atoms with van der Waals surface area (Å²) >= 11 is 5.75. The molecule has 2 heterocycles. The van der Waals surface area contributed by atoms with Gasteiger partial charge in [-0.2, -0.15) is 5.26 Å². The van der Waals surface area contributed by atoms with Crippen molar-refractivity contribution in [3.8, 4) is 11.9 Å². The maximum atomic E-state index is 12.4. The highest BCUT2D eigenvalue weighted by atomic mass is 35.5. The summed E-state index contributed by atoms with van der Waals surface area (Å²) in [5, 5.41) is 19.7. The molecule has 1 aliphatic heterocycles. The van der Waals surface area contributed by atoms with Crippen LogP contribution in [0.4, 0.5) is 5.69 Å². The van der Waals surface area contributed by atoms with E-state index in [-0.39, 0.29) is 28.3 Å². The molecular weight excluding hydrogens is 348 g/mol. The average Bonchev–Trinajstić information content (AvgIpc) is 2.57. The van der Waals surface area contributed by atoms with E-state index >= 15 is 0 Å². The lowest BCUT2D eigenvalue weighted by molar-refractivity contribution is -0.384. The summed E-state index contributed by atoms with van der Waals surface area (Å²) in [6, 6.07) is 9.02. The van der Waals surface area contributed by atoms with Gasteiger partial charge in [0.1, 0.15) is 11.1 Å². The van der Waals surface area contributed by atoms with Crippen LogP contribution in [0.2, 0.25) is 5.02 Å². The number of carbonyl (C=O) groups is 1. The molecule has 1 fully saturated rings. The number of nitriles is 1. The van der Waals surface area contributed by atoms with E-state index in [1.54, 1.807) is 6.07 Å². The van der Waals surface area contributed by atoms with Crippen molar-refractivity contribution < 1.29 is 14.5 Å². The smallest absolute Gasteiger partial charge is 0.288 e. The Balaban J connectivity index is 1.62. The van der Waals surface area contributed by atoms with Crippen molar-refractivity contribution in [1.82, 2.24) is 9.88 Å². The van der Waals surface area contributed by atoms with Gasteiger partial charge in [-0.1, -0.05) is 11.6 Å². The summed E-state index contributed by atoms with van der Waals surface area (Å²) in [7, 11) is 0. The highest BCUT2D eigenvalue weighted by molar-refractivity contribution is 6.32. The molecule has 1 aromatic heterocycles. The fraction of sp³-hybridized carbons (Fsp3) is 0.188. The van der Waals surface area contributed by atoms with Crippen LogP contribution in [0.25, 0.3) is 0 Å². The van der Waals surface area contributed by atoms with Crippen LogP contribution in [-0.4, -0.2) is 39.9 Å². The van der Waals surface area contributed by atoms with Gasteiger partial charge in [0.25, 0.3) is 11.6 Å². The molecule has 0 radical (unpaired) electrons. The maximum absolute atomic E-state index is 12.4. The van der Waals surface area contributed by atoms with Crippen molar-refractivity contribution in [3.05, 3.63) is 62.8 Å². The molecule has 2 aromatic rings. The van der Waals surface area contributed by atoms with Gasteiger partial charge < -0.3 is 9.64 Å². The van der Waals surface area contributed by atoms with E-state index in [2.05, 4.69) is 4.98 Å².